The molecule has 0 saturated heterocycles. The van der Waals surface area contributed by atoms with Crippen LogP contribution in [-0.4, -0.2) is 14.5 Å². The summed E-state index contributed by atoms with van der Waals surface area (Å²) in [5.74, 6) is 0.971. The van der Waals surface area contributed by atoms with Crippen molar-refractivity contribution in [1.29, 1.82) is 0 Å². The fourth-order valence-corrected chi connectivity index (χ4v) is 4.70. The summed E-state index contributed by atoms with van der Waals surface area (Å²) in [5, 5.41) is 0. The number of rotatable bonds is 3. The van der Waals surface area contributed by atoms with Gasteiger partial charge in [0.05, 0.1) is 4.90 Å². The van der Waals surface area contributed by atoms with Gasteiger partial charge in [0.25, 0.3) is 0 Å². The lowest BCUT2D eigenvalue weighted by atomic mass is 9.78. The van der Waals surface area contributed by atoms with E-state index in [4.69, 9.17) is 0 Å². The van der Waals surface area contributed by atoms with Crippen molar-refractivity contribution in [3.8, 4) is 0 Å². The van der Waals surface area contributed by atoms with Crippen LogP contribution in [0.3, 0.4) is 0 Å². The van der Waals surface area contributed by atoms with Gasteiger partial charge in [-0.15, -0.1) is 0 Å². The highest BCUT2D eigenvalue weighted by molar-refractivity contribution is 7.89. The Kier molecular flexibility index (Phi) is 4.55. The molecule has 0 spiro atoms. The average Bonchev–Trinajstić information content (AvgIpc) is 2.37. The Morgan fingerprint density at radius 2 is 1.85 bits per heavy atom. The highest BCUT2D eigenvalue weighted by Crippen LogP contribution is 2.30. The maximum absolute atomic E-state index is 12.6. The van der Waals surface area contributed by atoms with E-state index < -0.39 is 10.0 Å². The minimum atomic E-state index is -3.42. The fraction of sp³-hybridized carbons (Fsp3) is 0.625. The molecule has 2 rings (SSSR count). The summed E-state index contributed by atoms with van der Waals surface area (Å²) in [4.78, 5) is 0.419. The highest BCUT2D eigenvalue weighted by atomic mass is 32.2. The van der Waals surface area contributed by atoms with Crippen LogP contribution in [0.25, 0.3) is 0 Å². The van der Waals surface area contributed by atoms with Crippen LogP contribution >= 0.6 is 0 Å². The molecule has 1 aliphatic rings. The SMILES string of the molecule is Cc1ccc(C)c(S(=O)(=O)N[C@H]2CCC[C@@H](C)[C@@H]2C)c1. The van der Waals surface area contributed by atoms with Gasteiger partial charge in [-0.05, 0) is 49.3 Å². The molecule has 1 fully saturated rings. The number of nitrogens with one attached hydrogen (secondary N) is 1. The van der Waals surface area contributed by atoms with Gasteiger partial charge in [0, 0.05) is 6.04 Å². The summed E-state index contributed by atoms with van der Waals surface area (Å²) in [6.07, 6.45) is 3.24. The summed E-state index contributed by atoms with van der Waals surface area (Å²) < 4.78 is 28.2. The zero-order valence-corrected chi connectivity index (χ0v) is 13.6. The topological polar surface area (TPSA) is 46.2 Å². The van der Waals surface area contributed by atoms with E-state index in [0.717, 1.165) is 24.0 Å². The Bertz CT molecular complexity index is 580. The monoisotopic (exact) mass is 295 g/mol. The van der Waals surface area contributed by atoms with Gasteiger partial charge in [-0.3, -0.25) is 0 Å². The lowest BCUT2D eigenvalue weighted by Gasteiger charge is -2.34. The molecule has 1 aromatic rings. The Morgan fingerprint density at radius 3 is 2.55 bits per heavy atom. The van der Waals surface area contributed by atoms with Gasteiger partial charge in [0.15, 0.2) is 0 Å². The molecule has 0 amide bonds. The maximum Gasteiger partial charge on any atom is 0.241 e. The van der Waals surface area contributed by atoms with Gasteiger partial charge in [-0.2, -0.15) is 0 Å². The molecule has 4 heteroatoms. The third kappa shape index (κ3) is 3.23. The van der Waals surface area contributed by atoms with E-state index in [1.165, 1.54) is 6.42 Å². The van der Waals surface area contributed by atoms with Crippen LogP contribution in [0.15, 0.2) is 23.1 Å². The fourth-order valence-electron chi connectivity index (χ4n) is 3.01. The molecule has 112 valence electrons. The van der Waals surface area contributed by atoms with Crippen LogP contribution in [0.1, 0.15) is 44.2 Å². The van der Waals surface area contributed by atoms with Gasteiger partial charge in [0.1, 0.15) is 0 Å². The summed E-state index contributed by atoms with van der Waals surface area (Å²) in [5.41, 5.74) is 1.78. The molecular weight excluding hydrogens is 270 g/mol. The van der Waals surface area contributed by atoms with E-state index in [1.54, 1.807) is 6.07 Å². The van der Waals surface area contributed by atoms with Gasteiger partial charge in [0.2, 0.25) is 10.0 Å². The standard InChI is InChI=1S/C16H25NO2S/c1-11-8-9-13(3)16(10-11)20(18,19)17-15-7-5-6-12(2)14(15)4/h8-10,12,14-15,17H,5-7H2,1-4H3/t12-,14+,15+/m1/s1. The number of benzene rings is 1. The molecule has 0 radical (unpaired) electrons. The van der Waals surface area contributed by atoms with Crippen LogP contribution in [0, 0.1) is 25.7 Å². The minimum Gasteiger partial charge on any atom is -0.208 e. The highest BCUT2D eigenvalue weighted by Gasteiger charge is 2.31. The molecule has 3 atom stereocenters. The van der Waals surface area contributed by atoms with Crippen LogP contribution in [-0.2, 0) is 10.0 Å². The zero-order valence-electron chi connectivity index (χ0n) is 12.8. The van der Waals surface area contributed by atoms with Crippen molar-refractivity contribution in [2.24, 2.45) is 11.8 Å². The van der Waals surface area contributed by atoms with Crippen LogP contribution in [0.2, 0.25) is 0 Å². The van der Waals surface area contributed by atoms with E-state index >= 15 is 0 Å². The van der Waals surface area contributed by atoms with Gasteiger partial charge < -0.3 is 0 Å². The molecule has 1 saturated carbocycles. The van der Waals surface area contributed by atoms with E-state index in [-0.39, 0.29) is 6.04 Å². The molecule has 20 heavy (non-hydrogen) atoms. The van der Waals surface area contributed by atoms with Crippen molar-refractivity contribution in [1.82, 2.24) is 4.72 Å². The first kappa shape index (κ1) is 15.5. The Labute approximate surface area is 122 Å². The summed E-state index contributed by atoms with van der Waals surface area (Å²) in [6, 6.07) is 5.63. The maximum atomic E-state index is 12.6. The summed E-state index contributed by atoms with van der Waals surface area (Å²) in [7, 11) is -3.42. The molecule has 0 bridgehead atoms. The lowest BCUT2D eigenvalue weighted by molar-refractivity contribution is 0.227. The second-order valence-electron chi connectivity index (χ2n) is 6.26. The Hall–Kier alpha value is -0.870. The summed E-state index contributed by atoms with van der Waals surface area (Å²) in [6.45, 7) is 8.13. The predicted octanol–water partition coefficient (Wildman–Crippen LogP) is 3.41. The molecular formula is C16H25NO2S. The van der Waals surface area contributed by atoms with Gasteiger partial charge in [-0.1, -0.05) is 38.8 Å². The smallest absolute Gasteiger partial charge is 0.208 e. The quantitative estimate of drug-likeness (QED) is 0.929. The van der Waals surface area contributed by atoms with Crippen molar-refractivity contribution in [3.63, 3.8) is 0 Å². The normalized spacial score (nSPS) is 27.5. The van der Waals surface area contributed by atoms with Crippen LogP contribution < -0.4 is 4.72 Å². The first-order valence-corrected chi connectivity index (χ1v) is 8.89. The average molecular weight is 295 g/mol. The lowest BCUT2D eigenvalue weighted by Crippen LogP contribution is -2.43. The molecule has 0 heterocycles. The first-order chi connectivity index (χ1) is 9.31. The van der Waals surface area contributed by atoms with E-state index in [9.17, 15) is 8.42 Å². The van der Waals surface area contributed by atoms with Crippen molar-refractivity contribution < 1.29 is 8.42 Å². The Balaban J connectivity index is 2.25. The molecule has 1 aromatic carbocycles. The molecule has 0 unspecified atom stereocenters. The molecule has 3 nitrogen and oxygen atoms in total. The predicted molar refractivity (Wildman–Crippen MR) is 82.2 cm³/mol. The van der Waals surface area contributed by atoms with Crippen molar-refractivity contribution >= 4 is 10.0 Å². The number of hydrogen-bond acceptors (Lipinski definition) is 2. The van der Waals surface area contributed by atoms with Crippen LogP contribution in [0.5, 0.6) is 0 Å². The Morgan fingerprint density at radius 1 is 1.15 bits per heavy atom. The van der Waals surface area contributed by atoms with Crippen molar-refractivity contribution in [2.45, 2.75) is 57.9 Å². The number of aryl methyl sites for hydroxylation is 2. The van der Waals surface area contributed by atoms with E-state index in [0.29, 0.717) is 16.7 Å². The molecule has 0 aliphatic heterocycles. The molecule has 1 aliphatic carbocycles. The molecule has 0 aromatic heterocycles. The second-order valence-corrected chi connectivity index (χ2v) is 7.95. The zero-order chi connectivity index (χ0) is 14.9. The number of sulfonamides is 1. The summed E-state index contributed by atoms with van der Waals surface area (Å²) >= 11 is 0. The minimum absolute atomic E-state index is 0.0589. The van der Waals surface area contributed by atoms with Crippen molar-refractivity contribution in [2.75, 3.05) is 0 Å². The largest absolute Gasteiger partial charge is 0.241 e. The van der Waals surface area contributed by atoms with Gasteiger partial charge >= 0.3 is 0 Å². The van der Waals surface area contributed by atoms with Crippen LogP contribution in [0.4, 0.5) is 0 Å². The second kappa shape index (κ2) is 5.86. The van der Waals surface area contributed by atoms with E-state index in [1.807, 2.05) is 26.0 Å². The third-order valence-corrected chi connectivity index (χ3v) is 6.28. The van der Waals surface area contributed by atoms with E-state index in [2.05, 4.69) is 18.6 Å². The number of hydrogen-bond donors (Lipinski definition) is 1. The molecule has 1 N–H and O–H groups in total. The third-order valence-electron chi connectivity index (χ3n) is 4.65. The van der Waals surface area contributed by atoms with Crippen molar-refractivity contribution in [3.05, 3.63) is 29.3 Å². The first-order valence-electron chi connectivity index (χ1n) is 7.41. The van der Waals surface area contributed by atoms with Gasteiger partial charge in [-0.25, -0.2) is 13.1 Å².